The van der Waals surface area contributed by atoms with Crippen molar-refractivity contribution in [2.75, 3.05) is 0 Å². The monoisotopic (exact) mass is 578 g/mol. The van der Waals surface area contributed by atoms with Crippen LogP contribution in [0.3, 0.4) is 0 Å². The Morgan fingerprint density at radius 3 is 1.64 bits per heavy atom. The van der Waals surface area contributed by atoms with E-state index in [1.807, 2.05) is 103 Å². The van der Waals surface area contributed by atoms with Crippen LogP contribution in [0.25, 0.3) is 73.5 Å². The molecule has 0 saturated heterocycles. The van der Waals surface area contributed by atoms with E-state index in [9.17, 15) is 0 Å². The molecule has 0 N–H and O–H groups in total. The van der Waals surface area contributed by atoms with Gasteiger partial charge in [-0.3, -0.25) is 9.55 Å². The van der Waals surface area contributed by atoms with Crippen molar-refractivity contribution in [3.8, 4) is 62.5 Å². The Labute approximate surface area is 260 Å². The maximum Gasteiger partial charge on any atom is 0.164 e. The number of rotatable bonds is 6. The molecule has 3 aromatic heterocycles. The Morgan fingerprint density at radius 2 is 0.978 bits per heavy atom. The average Bonchev–Trinajstić information content (AvgIpc) is 3.52. The lowest BCUT2D eigenvalue weighted by atomic mass is 10.0. The second kappa shape index (κ2) is 11.4. The minimum atomic E-state index is 0.631. The van der Waals surface area contributed by atoms with Gasteiger partial charge in [0.25, 0.3) is 0 Å². The number of imidazole rings is 1. The first-order chi connectivity index (χ1) is 22.3. The predicted octanol–water partition coefficient (Wildman–Crippen LogP) is 8.94. The molecule has 0 spiro atoms. The van der Waals surface area contributed by atoms with Gasteiger partial charge in [-0.2, -0.15) is 0 Å². The summed E-state index contributed by atoms with van der Waals surface area (Å²) in [4.78, 5) is 24.2. The summed E-state index contributed by atoms with van der Waals surface area (Å²) in [5.74, 6) is 2.73. The van der Waals surface area contributed by atoms with Crippen LogP contribution in [0.2, 0.25) is 0 Å². The molecular formula is C39H26N6. The van der Waals surface area contributed by atoms with Gasteiger partial charge in [-0.25, -0.2) is 19.9 Å². The molecule has 0 atom stereocenters. The summed E-state index contributed by atoms with van der Waals surface area (Å²) in [6.07, 6.45) is 1.80. The third kappa shape index (κ3) is 5.15. The fourth-order valence-corrected chi connectivity index (χ4v) is 5.53. The largest absolute Gasteiger partial charge is 0.291 e. The standard InChI is InChI=1S/C39H26N6/c1-3-12-28(13-4-1)36-42-37(29-14-5-2-6-15-29)44-38(43-36)31-17-11-16-30(26-31)27-21-23-32(24-22-27)45-35-20-8-7-18-33(35)41-39(45)34-19-9-10-25-40-34/h1-26H. The molecule has 0 fully saturated rings. The Morgan fingerprint density at radius 1 is 0.400 bits per heavy atom. The van der Waals surface area contributed by atoms with E-state index in [2.05, 4.69) is 58.1 Å². The van der Waals surface area contributed by atoms with Gasteiger partial charge in [0, 0.05) is 28.6 Å². The molecule has 0 aliphatic carbocycles. The second-order valence-corrected chi connectivity index (χ2v) is 10.6. The summed E-state index contributed by atoms with van der Waals surface area (Å²) in [5, 5.41) is 0. The topological polar surface area (TPSA) is 69.4 Å². The maximum atomic E-state index is 4.92. The highest BCUT2D eigenvalue weighted by molar-refractivity contribution is 5.83. The van der Waals surface area contributed by atoms with Crippen LogP contribution in [0, 0.1) is 0 Å². The predicted molar refractivity (Wildman–Crippen MR) is 179 cm³/mol. The molecule has 0 bridgehead atoms. The van der Waals surface area contributed by atoms with Gasteiger partial charge >= 0.3 is 0 Å². The van der Waals surface area contributed by atoms with Gasteiger partial charge < -0.3 is 0 Å². The molecule has 8 rings (SSSR count). The van der Waals surface area contributed by atoms with Crippen LogP contribution in [-0.2, 0) is 0 Å². The summed E-state index contributed by atoms with van der Waals surface area (Å²) < 4.78 is 2.17. The Bertz CT molecular complexity index is 2190. The molecule has 3 heterocycles. The molecule has 212 valence electrons. The number of nitrogens with zero attached hydrogens (tertiary/aromatic N) is 6. The number of hydrogen-bond donors (Lipinski definition) is 0. The average molecular weight is 579 g/mol. The molecule has 0 aliphatic rings. The van der Waals surface area contributed by atoms with E-state index in [0.29, 0.717) is 17.5 Å². The van der Waals surface area contributed by atoms with Gasteiger partial charge in [-0.1, -0.05) is 109 Å². The Kier molecular flexibility index (Phi) is 6.70. The number of para-hydroxylation sites is 2. The maximum absolute atomic E-state index is 4.92. The lowest BCUT2D eigenvalue weighted by Gasteiger charge is -2.11. The van der Waals surface area contributed by atoms with Crippen molar-refractivity contribution in [3.63, 3.8) is 0 Å². The van der Waals surface area contributed by atoms with E-state index >= 15 is 0 Å². The quantitative estimate of drug-likeness (QED) is 0.197. The van der Waals surface area contributed by atoms with Crippen LogP contribution >= 0.6 is 0 Å². The number of benzene rings is 5. The molecular weight excluding hydrogens is 552 g/mol. The highest BCUT2D eigenvalue weighted by atomic mass is 15.1. The van der Waals surface area contributed by atoms with Crippen molar-refractivity contribution in [1.29, 1.82) is 0 Å². The van der Waals surface area contributed by atoms with E-state index < -0.39 is 0 Å². The zero-order chi connectivity index (χ0) is 30.0. The summed E-state index contributed by atoms with van der Waals surface area (Å²) in [6, 6.07) is 51.0. The smallest absolute Gasteiger partial charge is 0.164 e. The zero-order valence-electron chi connectivity index (χ0n) is 24.2. The highest BCUT2D eigenvalue weighted by Crippen LogP contribution is 2.31. The van der Waals surface area contributed by atoms with Gasteiger partial charge in [-0.05, 0) is 53.6 Å². The van der Waals surface area contributed by atoms with E-state index in [1.165, 1.54) is 0 Å². The summed E-state index contributed by atoms with van der Waals surface area (Å²) in [7, 11) is 0. The fourth-order valence-electron chi connectivity index (χ4n) is 5.53. The lowest BCUT2D eigenvalue weighted by Crippen LogP contribution is -2.00. The third-order valence-corrected chi connectivity index (χ3v) is 7.73. The van der Waals surface area contributed by atoms with Crippen LogP contribution in [0.4, 0.5) is 0 Å². The third-order valence-electron chi connectivity index (χ3n) is 7.73. The summed E-state index contributed by atoms with van der Waals surface area (Å²) in [6.45, 7) is 0. The van der Waals surface area contributed by atoms with Crippen molar-refractivity contribution in [1.82, 2.24) is 29.5 Å². The van der Waals surface area contributed by atoms with Gasteiger partial charge in [-0.15, -0.1) is 0 Å². The summed E-state index contributed by atoms with van der Waals surface area (Å²) >= 11 is 0. The molecule has 0 amide bonds. The van der Waals surface area contributed by atoms with Gasteiger partial charge in [0.1, 0.15) is 5.69 Å². The molecule has 5 aromatic carbocycles. The molecule has 8 aromatic rings. The van der Waals surface area contributed by atoms with Crippen LogP contribution in [-0.4, -0.2) is 29.5 Å². The molecule has 0 radical (unpaired) electrons. The molecule has 6 heteroatoms. The minimum absolute atomic E-state index is 0.631. The zero-order valence-corrected chi connectivity index (χ0v) is 24.2. The van der Waals surface area contributed by atoms with Gasteiger partial charge in [0.05, 0.1) is 11.0 Å². The number of fused-ring (bicyclic) bond motifs is 1. The molecule has 0 aliphatic heterocycles. The Balaban J connectivity index is 1.19. The van der Waals surface area contributed by atoms with E-state index in [0.717, 1.165) is 56.1 Å². The normalized spacial score (nSPS) is 11.1. The SMILES string of the molecule is c1ccc(-c2nc(-c3ccccc3)nc(-c3cccc(-c4ccc(-n5c(-c6ccccn6)nc6ccccc65)cc4)c3)n2)cc1. The molecule has 45 heavy (non-hydrogen) atoms. The number of hydrogen-bond acceptors (Lipinski definition) is 5. The van der Waals surface area contributed by atoms with Crippen molar-refractivity contribution in [2.24, 2.45) is 0 Å². The van der Waals surface area contributed by atoms with Crippen LogP contribution in [0.1, 0.15) is 0 Å². The fraction of sp³-hybridized carbons (Fsp3) is 0. The highest BCUT2D eigenvalue weighted by Gasteiger charge is 2.16. The van der Waals surface area contributed by atoms with E-state index in [4.69, 9.17) is 19.9 Å². The van der Waals surface area contributed by atoms with Crippen molar-refractivity contribution < 1.29 is 0 Å². The lowest BCUT2D eigenvalue weighted by molar-refractivity contribution is 1.07. The number of pyridine rings is 1. The van der Waals surface area contributed by atoms with Crippen LogP contribution in [0.15, 0.2) is 158 Å². The van der Waals surface area contributed by atoms with Crippen LogP contribution < -0.4 is 0 Å². The first-order valence-electron chi connectivity index (χ1n) is 14.8. The van der Waals surface area contributed by atoms with Crippen LogP contribution in [0.5, 0.6) is 0 Å². The van der Waals surface area contributed by atoms with Crippen molar-refractivity contribution in [3.05, 3.63) is 158 Å². The first kappa shape index (κ1) is 26.4. The van der Waals surface area contributed by atoms with Gasteiger partial charge in [0.2, 0.25) is 0 Å². The van der Waals surface area contributed by atoms with Gasteiger partial charge in [0.15, 0.2) is 23.3 Å². The van der Waals surface area contributed by atoms with Crippen molar-refractivity contribution >= 4 is 11.0 Å². The second-order valence-electron chi connectivity index (χ2n) is 10.6. The molecule has 0 saturated carbocycles. The molecule has 6 nitrogen and oxygen atoms in total. The first-order valence-corrected chi connectivity index (χ1v) is 14.8. The summed E-state index contributed by atoms with van der Waals surface area (Å²) in [5.41, 5.74) is 8.78. The van der Waals surface area contributed by atoms with E-state index in [-0.39, 0.29) is 0 Å². The van der Waals surface area contributed by atoms with Crippen molar-refractivity contribution in [2.45, 2.75) is 0 Å². The minimum Gasteiger partial charge on any atom is -0.291 e. The Hall–Kier alpha value is -6.27. The molecule has 0 unspecified atom stereocenters. The number of aromatic nitrogens is 6. The van der Waals surface area contributed by atoms with E-state index in [1.54, 1.807) is 6.20 Å².